The molecule has 3 rings (SSSR count). The van der Waals surface area contributed by atoms with Crippen LogP contribution in [0, 0.1) is 6.92 Å². The van der Waals surface area contributed by atoms with E-state index in [1.54, 1.807) is 0 Å². The zero-order chi connectivity index (χ0) is 13.2. The van der Waals surface area contributed by atoms with Crippen LogP contribution in [-0.2, 0) is 6.42 Å². The lowest BCUT2D eigenvalue weighted by molar-refractivity contribution is 0.429. The highest BCUT2D eigenvalue weighted by Crippen LogP contribution is 2.32. The van der Waals surface area contributed by atoms with Crippen molar-refractivity contribution in [3.8, 4) is 0 Å². The first kappa shape index (κ1) is 12.6. The van der Waals surface area contributed by atoms with E-state index < -0.39 is 0 Å². The summed E-state index contributed by atoms with van der Waals surface area (Å²) in [5.74, 6) is 1.59. The number of nitrogens with two attached hydrogens (primary N) is 1. The maximum atomic E-state index is 5.65. The molecule has 0 bridgehead atoms. The molecule has 2 heterocycles. The Morgan fingerprint density at radius 3 is 2.79 bits per heavy atom. The molecule has 0 unspecified atom stereocenters. The molecule has 1 aliphatic rings. The van der Waals surface area contributed by atoms with Crippen LogP contribution in [0.3, 0.4) is 0 Å². The molecule has 0 aromatic carbocycles. The maximum Gasteiger partial charge on any atom is 0.141 e. The van der Waals surface area contributed by atoms with Crippen LogP contribution in [0.5, 0.6) is 0 Å². The van der Waals surface area contributed by atoms with E-state index in [1.807, 2.05) is 6.20 Å². The summed E-state index contributed by atoms with van der Waals surface area (Å²) in [7, 11) is 0. The molecule has 3 N–H and O–H groups in total. The van der Waals surface area contributed by atoms with Gasteiger partial charge in [-0.3, -0.25) is 0 Å². The van der Waals surface area contributed by atoms with E-state index in [1.165, 1.54) is 43.1 Å². The van der Waals surface area contributed by atoms with Gasteiger partial charge in [0.25, 0.3) is 0 Å². The highest BCUT2D eigenvalue weighted by Gasteiger charge is 2.20. The average molecular weight is 258 g/mol. The van der Waals surface area contributed by atoms with Crippen molar-refractivity contribution in [3.63, 3.8) is 0 Å². The number of aromatic amines is 1. The van der Waals surface area contributed by atoms with Gasteiger partial charge in [0.15, 0.2) is 0 Å². The highest BCUT2D eigenvalue weighted by atomic mass is 15.0. The number of fused-ring (bicyclic) bond motifs is 1. The average Bonchev–Trinajstić information content (AvgIpc) is 2.84. The second-order valence-electron chi connectivity index (χ2n) is 5.58. The van der Waals surface area contributed by atoms with Crippen LogP contribution < -0.4 is 5.73 Å². The monoisotopic (exact) mass is 258 g/mol. The van der Waals surface area contributed by atoms with Crippen molar-refractivity contribution in [2.24, 2.45) is 5.73 Å². The van der Waals surface area contributed by atoms with E-state index in [0.717, 1.165) is 23.6 Å². The summed E-state index contributed by atoms with van der Waals surface area (Å²) < 4.78 is 0. The molecule has 4 heteroatoms. The van der Waals surface area contributed by atoms with Crippen molar-refractivity contribution in [2.45, 2.75) is 51.4 Å². The predicted octanol–water partition coefficient (Wildman–Crippen LogP) is 2.82. The fraction of sp³-hybridized carbons (Fsp3) is 0.600. The molecule has 2 aromatic heterocycles. The fourth-order valence-corrected chi connectivity index (χ4v) is 3.21. The standard InChI is InChI=1S/C15H22N4/c1-10-13-12(7-8-16)9-17-15(13)19-14(18-10)11-5-3-2-4-6-11/h9,11H,2-8,16H2,1H3,(H,17,18,19). The molecule has 1 fully saturated rings. The van der Waals surface area contributed by atoms with Crippen LogP contribution in [-0.4, -0.2) is 21.5 Å². The third-order valence-corrected chi connectivity index (χ3v) is 4.20. The molecule has 1 saturated carbocycles. The smallest absolute Gasteiger partial charge is 0.141 e. The fourth-order valence-electron chi connectivity index (χ4n) is 3.21. The number of hydrogen-bond donors (Lipinski definition) is 2. The van der Waals surface area contributed by atoms with Crippen LogP contribution in [0.25, 0.3) is 11.0 Å². The first-order chi connectivity index (χ1) is 9.29. The normalized spacial score (nSPS) is 17.2. The number of rotatable bonds is 3. The molecule has 0 atom stereocenters. The van der Waals surface area contributed by atoms with Crippen molar-refractivity contribution >= 4 is 11.0 Å². The van der Waals surface area contributed by atoms with E-state index in [4.69, 9.17) is 15.7 Å². The minimum absolute atomic E-state index is 0.554. The summed E-state index contributed by atoms with van der Waals surface area (Å²) in [5, 5.41) is 1.17. The Labute approximate surface area is 113 Å². The van der Waals surface area contributed by atoms with E-state index in [0.29, 0.717) is 12.5 Å². The molecule has 0 aliphatic heterocycles. The Morgan fingerprint density at radius 2 is 2.05 bits per heavy atom. The molecule has 0 radical (unpaired) electrons. The zero-order valence-electron chi connectivity index (χ0n) is 11.6. The molecule has 0 amide bonds. The van der Waals surface area contributed by atoms with E-state index in [9.17, 15) is 0 Å². The summed E-state index contributed by atoms with van der Waals surface area (Å²) in [6.07, 6.45) is 9.38. The van der Waals surface area contributed by atoms with Gasteiger partial charge in [-0.2, -0.15) is 0 Å². The Morgan fingerprint density at radius 1 is 1.26 bits per heavy atom. The second kappa shape index (κ2) is 5.29. The lowest BCUT2D eigenvalue weighted by atomic mass is 9.88. The molecule has 0 spiro atoms. The van der Waals surface area contributed by atoms with Gasteiger partial charge < -0.3 is 10.7 Å². The number of H-pyrrole nitrogens is 1. The highest BCUT2D eigenvalue weighted by molar-refractivity contribution is 5.82. The number of hydrogen-bond acceptors (Lipinski definition) is 3. The molecular formula is C15H22N4. The van der Waals surface area contributed by atoms with Gasteiger partial charge >= 0.3 is 0 Å². The van der Waals surface area contributed by atoms with Crippen molar-refractivity contribution in [3.05, 3.63) is 23.3 Å². The number of aryl methyl sites for hydroxylation is 1. The summed E-state index contributed by atoms with van der Waals surface area (Å²) in [6, 6.07) is 0. The lowest BCUT2D eigenvalue weighted by Gasteiger charge is -2.20. The largest absolute Gasteiger partial charge is 0.346 e. The number of nitrogens with one attached hydrogen (secondary N) is 1. The lowest BCUT2D eigenvalue weighted by Crippen LogP contribution is -2.10. The molecule has 2 aromatic rings. The van der Waals surface area contributed by atoms with E-state index in [-0.39, 0.29) is 0 Å². The first-order valence-corrected chi connectivity index (χ1v) is 7.34. The summed E-state index contributed by atoms with van der Waals surface area (Å²) in [6.45, 7) is 2.75. The SMILES string of the molecule is Cc1nc(C2CCCCC2)nc2[nH]cc(CCN)c12. The summed E-state index contributed by atoms with van der Waals surface area (Å²) in [5.41, 5.74) is 8.97. The van der Waals surface area contributed by atoms with Crippen molar-refractivity contribution in [1.82, 2.24) is 15.0 Å². The number of aromatic nitrogens is 3. The second-order valence-corrected chi connectivity index (χ2v) is 5.58. The zero-order valence-corrected chi connectivity index (χ0v) is 11.6. The van der Waals surface area contributed by atoms with Crippen LogP contribution in [0.1, 0.15) is 55.1 Å². The van der Waals surface area contributed by atoms with Crippen molar-refractivity contribution in [1.29, 1.82) is 0 Å². The first-order valence-electron chi connectivity index (χ1n) is 7.34. The van der Waals surface area contributed by atoms with Gasteiger partial charge in [0, 0.05) is 17.5 Å². The Hall–Kier alpha value is -1.42. The maximum absolute atomic E-state index is 5.65. The van der Waals surface area contributed by atoms with E-state index in [2.05, 4.69) is 11.9 Å². The van der Waals surface area contributed by atoms with Crippen LogP contribution in [0.2, 0.25) is 0 Å². The van der Waals surface area contributed by atoms with Gasteiger partial charge in [0.1, 0.15) is 11.5 Å². The van der Waals surface area contributed by atoms with Crippen LogP contribution in [0.4, 0.5) is 0 Å². The van der Waals surface area contributed by atoms with Crippen molar-refractivity contribution in [2.75, 3.05) is 6.54 Å². The quantitative estimate of drug-likeness (QED) is 0.889. The van der Waals surface area contributed by atoms with Gasteiger partial charge in [0.2, 0.25) is 0 Å². The molecule has 102 valence electrons. The third kappa shape index (κ3) is 2.37. The van der Waals surface area contributed by atoms with Crippen LogP contribution >= 0.6 is 0 Å². The Balaban J connectivity index is 2.00. The molecule has 0 saturated heterocycles. The minimum Gasteiger partial charge on any atom is -0.346 e. The van der Waals surface area contributed by atoms with Gasteiger partial charge in [-0.15, -0.1) is 0 Å². The van der Waals surface area contributed by atoms with Gasteiger partial charge in [0.05, 0.1) is 5.69 Å². The predicted molar refractivity (Wildman–Crippen MR) is 77.2 cm³/mol. The van der Waals surface area contributed by atoms with E-state index >= 15 is 0 Å². The summed E-state index contributed by atoms with van der Waals surface area (Å²) in [4.78, 5) is 12.8. The van der Waals surface area contributed by atoms with Gasteiger partial charge in [-0.25, -0.2) is 9.97 Å². The van der Waals surface area contributed by atoms with Gasteiger partial charge in [-0.1, -0.05) is 19.3 Å². The topological polar surface area (TPSA) is 67.6 Å². The minimum atomic E-state index is 0.554. The molecule has 19 heavy (non-hydrogen) atoms. The summed E-state index contributed by atoms with van der Waals surface area (Å²) >= 11 is 0. The van der Waals surface area contributed by atoms with Crippen molar-refractivity contribution < 1.29 is 0 Å². The molecule has 4 nitrogen and oxygen atoms in total. The molecular weight excluding hydrogens is 236 g/mol. The Kier molecular flexibility index (Phi) is 3.51. The molecule has 1 aliphatic carbocycles. The van der Waals surface area contributed by atoms with Gasteiger partial charge in [-0.05, 0) is 38.3 Å². The number of nitrogens with zero attached hydrogens (tertiary/aromatic N) is 2. The Bertz CT molecular complexity index is 567. The third-order valence-electron chi connectivity index (χ3n) is 4.20. The van der Waals surface area contributed by atoms with Crippen LogP contribution in [0.15, 0.2) is 6.20 Å².